The van der Waals surface area contributed by atoms with E-state index in [1.165, 1.54) is 0 Å². The number of benzene rings is 1. The van der Waals surface area contributed by atoms with E-state index in [1.54, 1.807) is 24.9 Å². The predicted octanol–water partition coefficient (Wildman–Crippen LogP) is 1.92. The maximum atomic E-state index is 12.5. The minimum absolute atomic E-state index is 0.00338. The normalized spacial score (nSPS) is 12.5. The molecule has 1 aromatic carbocycles. The van der Waals surface area contributed by atoms with Crippen molar-refractivity contribution in [3.63, 3.8) is 0 Å². The largest absolute Gasteiger partial charge is 0.350 e. The smallest absolute Gasteiger partial charge is 0.234 e. The number of sulfone groups is 1. The Balaban J connectivity index is 2.66. The molecule has 0 atom stereocenters. The van der Waals surface area contributed by atoms with Gasteiger partial charge in [0.2, 0.25) is 5.91 Å². The fraction of sp³-hybridized carbons (Fsp3) is 0.588. The Labute approximate surface area is 140 Å². The highest BCUT2D eigenvalue weighted by molar-refractivity contribution is 7.91. The minimum Gasteiger partial charge on any atom is -0.350 e. The van der Waals surface area contributed by atoms with E-state index in [4.69, 9.17) is 0 Å². The monoisotopic (exact) mass is 340 g/mol. The SMILES string of the molecule is Cc1ccc(C)c(S(=O)(=O)CCN(C)CC(=O)NC(C)(C)C)c1. The van der Waals surface area contributed by atoms with Crippen LogP contribution in [0.15, 0.2) is 23.1 Å². The highest BCUT2D eigenvalue weighted by Gasteiger charge is 2.20. The number of nitrogens with one attached hydrogen (secondary N) is 1. The Hall–Kier alpha value is -1.40. The van der Waals surface area contributed by atoms with Crippen molar-refractivity contribution in [2.45, 2.75) is 45.1 Å². The van der Waals surface area contributed by atoms with Crippen molar-refractivity contribution in [3.8, 4) is 0 Å². The maximum absolute atomic E-state index is 12.5. The van der Waals surface area contributed by atoms with Gasteiger partial charge in [-0.1, -0.05) is 12.1 Å². The summed E-state index contributed by atoms with van der Waals surface area (Å²) in [6, 6.07) is 5.43. The van der Waals surface area contributed by atoms with Crippen molar-refractivity contribution >= 4 is 15.7 Å². The summed E-state index contributed by atoms with van der Waals surface area (Å²) in [5, 5.41) is 2.87. The van der Waals surface area contributed by atoms with Crippen LogP contribution in [0.3, 0.4) is 0 Å². The van der Waals surface area contributed by atoms with E-state index in [1.807, 2.05) is 39.8 Å². The van der Waals surface area contributed by atoms with Gasteiger partial charge in [-0.3, -0.25) is 9.69 Å². The number of likely N-dealkylation sites (N-methyl/N-ethyl adjacent to an activating group) is 1. The molecule has 1 amide bonds. The Bertz CT molecular complexity index is 661. The van der Waals surface area contributed by atoms with Crippen molar-refractivity contribution < 1.29 is 13.2 Å². The molecule has 0 saturated carbocycles. The van der Waals surface area contributed by atoms with E-state index in [0.29, 0.717) is 11.4 Å². The molecule has 0 bridgehead atoms. The highest BCUT2D eigenvalue weighted by Crippen LogP contribution is 2.18. The number of carbonyl (C=O) groups is 1. The number of hydrogen-bond acceptors (Lipinski definition) is 4. The maximum Gasteiger partial charge on any atom is 0.234 e. The van der Waals surface area contributed by atoms with Gasteiger partial charge in [-0.05, 0) is 58.9 Å². The van der Waals surface area contributed by atoms with Crippen LogP contribution >= 0.6 is 0 Å². The van der Waals surface area contributed by atoms with Gasteiger partial charge in [0, 0.05) is 12.1 Å². The molecule has 0 unspecified atom stereocenters. The first-order valence-corrected chi connectivity index (χ1v) is 9.35. The number of rotatable bonds is 6. The Morgan fingerprint density at radius 3 is 2.39 bits per heavy atom. The molecule has 23 heavy (non-hydrogen) atoms. The summed E-state index contributed by atoms with van der Waals surface area (Å²) in [5.74, 6) is -0.111. The van der Waals surface area contributed by atoms with Crippen molar-refractivity contribution in [1.29, 1.82) is 0 Å². The van der Waals surface area contributed by atoms with Crippen molar-refractivity contribution in [1.82, 2.24) is 10.2 Å². The van der Waals surface area contributed by atoms with E-state index in [-0.39, 0.29) is 23.7 Å². The van der Waals surface area contributed by atoms with Crippen molar-refractivity contribution in [2.24, 2.45) is 0 Å². The third-order valence-corrected chi connectivity index (χ3v) is 5.18. The highest BCUT2D eigenvalue weighted by atomic mass is 32.2. The second kappa shape index (κ2) is 7.45. The number of nitrogens with zero attached hydrogens (tertiary/aromatic N) is 1. The predicted molar refractivity (Wildman–Crippen MR) is 93.4 cm³/mol. The van der Waals surface area contributed by atoms with E-state index < -0.39 is 9.84 Å². The third-order valence-electron chi connectivity index (χ3n) is 3.35. The standard InChI is InChI=1S/C17H28N2O3S/c1-13-7-8-14(2)15(11-13)23(21,22)10-9-19(6)12-16(20)18-17(3,4)5/h7-8,11H,9-10,12H2,1-6H3,(H,18,20). The molecule has 0 aliphatic carbocycles. The molecule has 0 spiro atoms. The molecule has 130 valence electrons. The number of aryl methyl sites for hydroxylation is 2. The average Bonchev–Trinajstić information content (AvgIpc) is 2.37. The lowest BCUT2D eigenvalue weighted by molar-refractivity contribution is -0.123. The van der Waals surface area contributed by atoms with Crippen LogP contribution in [0, 0.1) is 13.8 Å². The zero-order chi connectivity index (χ0) is 17.8. The zero-order valence-electron chi connectivity index (χ0n) is 14.9. The van der Waals surface area contributed by atoms with Crippen LogP contribution in [0.25, 0.3) is 0 Å². The fourth-order valence-corrected chi connectivity index (χ4v) is 3.91. The van der Waals surface area contributed by atoms with E-state index in [0.717, 1.165) is 11.1 Å². The molecule has 5 nitrogen and oxygen atoms in total. The quantitative estimate of drug-likeness (QED) is 0.859. The molecular weight excluding hydrogens is 312 g/mol. The number of carbonyl (C=O) groups excluding carboxylic acids is 1. The Morgan fingerprint density at radius 2 is 1.83 bits per heavy atom. The van der Waals surface area contributed by atoms with Gasteiger partial charge in [-0.2, -0.15) is 0 Å². The van der Waals surface area contributed by atoms with Crippen LogP contribution in [0.5, 0.6) is 0 Å². The lowest BCUT2D eigenvalue weighted by Crippen LogP contribution is -2.45. The Kier molecular flexibility index (Phi) is 6.36. The third kappa shape index (κ3) is 6.71. The second-order valence-corrected chi connectivity index (χ2v) is 9.20. The van der Waals surface area contributed by atoms with Crippen LogP contribution in [-0.2, 0) is 14.6 Å². The van der Waals surface area contributed by atoms with Gasteiger partial charge in [0.1, 0.15) is 0 Å². The summed E-state index contributed by atoms with van der Waals surface area (Å²) in [7, 11) is -1.60. The van der Waals surface area contributed by atoms with Gasteiger partial charge < -0.3 is 5.32 Å². The van der Waals surface area contributed by atoms with Crippen LogP contribution in [0.2, 0.25) is 0 Å². The second-order valence-electron chi connectivity index (χ2n) is 7.12. The molecule has 6 heteroatoms. The molecule has 0 heterocycles. The fourth-order valence-electron chi connectivity index (χ4n) is 2.21. The number of amides is 1. The molecule has 0 aliphatic heterocycles. The molecule has 1 rings (SSSR count). The van der Waals surface area contributed by atoms with Crippen molar-refractivity contribution in [2.75, 3.05) is 25.9 Å². The molecule has 0 fully saturated rings. The summed E-state index contributed by atoms with van der Waals surface area (Å²) in [4.78, 5) is 14.0. The first-order valence-electron chi connectivity index (χ1n) is 7.70. The van der Waals surface area contributed by atoms with E-state index in [9.17, 15) is 13.2 Å². The van der Waals surface area contributed by atoms with Gasteiger partial charge in [-0.25, -0.2) is 8.42 Å². The molecule has 0 aliphatic rings. The minimum atomic E-state index is -3.35. The lowest BCUT2D eigenvalue weighted by atomic mass is 10.1. The first-order chi connectivity index (χ1) is 10.4. The molecule has 0 radical (unpaired) electrons. The topological polar surface area (TPSA) is 66.5 Å². The molecule has 0 aromatic heterocycles. The number of hydrogen-bond donors (Lipinski definition) is 1. The van der Waals surface area contributed by atoms with Crippen LogP contribution < -0.4 is 5.32 Å². The lowest BCUT2D eigenvalue weighted by Gasteiger charge is -2.23. The van der Waals surface area contributed by atoms with Crippen molar-refractivity contribution in [3.05, 3.63) is 29.3 Å². The van der Waals surface area contributed by atoms with Gasteiger partial charge in [0.15, 0.2) is 9.84 Å². The zero-order valence-corrected chi connectivity index (χ0v) is 15.8. The summed E-state index contributed by atoms with van der Waals surface area (Å²) in [6.07, 6.45) is 0. The summed E-state index contributed by atoms with van der Waals surface area (Å²) in [5.41, 5.74) is 1.39. The average molecular weight is 340 g/mol. The van der Waals surface area contributed by atoms with E-state index >= 15 is 0 Å². The van der Waals surface area contributed by atoms with Crippen LogP contribution in [0.4, 0.5) is 0 Å². The van der Waals surface area contributed by atoms with Crippen LogP contribution in [-0.4, -0.2) is 50.7 Å². The Morgan fingerprint density at radius 1 is 1.22 bits per heavy atom. The van der Waals surface area contributed by atoms with Gasteiger partial charge >= 0.3 is 0 Å². The summed E-state index contributed by atoms with van der Waals surface area (Å²) in [6.45, 7) is 9.91. The molecule has 1 N–H and O–H groups in total. The van der Waals surface area contributed by atoms with Crippen LogP contribution in [0.1, 0.15) is 31.9 Å². The molecule has 1 aromatic rings. The van der Waals surface area contributed by atoms with Gasteiger partial charge in [-0.15, -0.1) is 0 Å². The van der Waals surface area contributed by atoms with E-state index in [2.05, 4.69) is 5.32 Å². The molecule has 0 saturated heterocycles. The molecular formula is C17H28N2O3S. The van der Waals surface area contributed by atoms with Gasteiger partial charge in [0.25, 0.3) is 0 Å². The van der Waals surface area contributed by atoms with Gasteiger partial charge in [0.05, 0.1) is 17.2 Å². The summed E-state index contributed by atoms with van der Waals surface area (Å²) >= 11 is 0. The first kappa shape index (κ1) is 19.6. The summed E-state index contributed by atoms with van der Waals surface area (Å²) < 4.78 is 25.0.